The van der Waals surface area contributed by atoms with E-state index in [1.54, 1.807) is 20.8 Å². The van der Waals surface area contributed by atoms with Gasteiger partial charge in [-0.1, -0.05) is 0 Å². The Labute approximate surface area is 101 Å². The van der Waals surface area contributed by atoms with Crippen molar-refractivity contribution in [3.63, 3.8) is 0 Å². The summed E-state index contributed by atoms with van der Waals surface area (Å²) >= 11 is 0. The predicted molar refractivity (Wildman–Crippen MR) is 62.6 cm³/mol. The lowest BCUT2D eigenvalue weighted by Crippen LogP contribution is -2.52. The average Bonchev–Trinajstić information content (AvgIpc) is 2.42. The highest BCUT2D eigenvalue weighted by molar-refractivity contribution is 7.89. The summed E-state index contributed by atoms with van der Waals surface area (Å²) in [4.78, 5) is 23.4. The normalized spacial score (nSPS) is 21.8. The monoisotopic (exact) mass is 262 g/mol. The fourth-order valence-electron chi connectivity index (χ4n) is 1.77. The highest BCUT2D eigenvalue weighted by Gasteiger charge is 2.42. The van der Waals surface area contributed by atoms with Gasteiger partial charge in [-0.15, -0.1) is 0 Å². The second-order valence-electron chi connectivity index (χ2n) is 5.25. The van der Waals surface area contributed by atoms with E-state index < -0.39 is 33.4 Å². The Balaban J connectivity index is 2.91. The van der Waals surface area contributed by atoms with Gasteiger partial charge >= 0.3 is 0 Å². The number of nitrogens with one attached hydrogen (secondary N) is 1. The van der Waals surface area contributed by atoms with Crippen molar-refractivity contribution in [1.29, 1.82) is 0 Å². The maximum Gasteiger partial charge on any atom is 0.244 e. The first-order valence-corrected chi connectivity index (χ1v) is 7.21. The van der Waals surface area contributed by atoms with Gasteiger partial charge in [0.25, 0.3) is 0 Å². The molecule has 1 heterocycles. The third-order valence-corrected chi connectivity index (χ3v) is 3.49. The Morgan fingerprint density at radius 2 is 1.94 bits per heavy atom. The summed E-state index contributed by atoms with van der Waals surface area (Å²) in [5.41, 5.74) is -0.452. The predicted octanol–water partition coefficient (Wildman–Crippen LogP) is -0.148. The van der Waals surface area contributed by atoms with Crippen LogP contribution in [-0.4, -0.2) is 42.4 Å². The van der Waals surface area contributed by atoms with Crippen LogP contribution in [0.5, 0.6) is 0 Å². The molecule has 1 aliphatic rings. The average molecular weight is 262 g/mol. The zero-order chi connectivity index (χ0) is 13.4. The summed E-state index contributed by atoms with van der Waals surface area (Å²) in [5.74, 6) is -0.935. The molecule has 1 saturated heterocycles. The maximum atomic E-state index is 11.9. The van der Waals surface area contributed by atoms with Gasteiger partial charge in [0.1, 0.15) is 6.04 Å². The van der Waals surface area contributed by atoms with Crippen molar-refractivity contribution < 1.29 is 18.0 Å². The molecule has 7 heteroatoms. The van der Waals surface area contributed by atoms with Gasteiger partial charge in [-0.2, -0.15) is 0 Å². The Hall–Kier alpha value is -1.11. The van der Waals surface area contributed by atoms with Crippen LogP contribution in [0.3, 0.4) is 0 Å². The second kappa shape index (κ2) is 4.29. The van der Waals surface area contributed by atoms with Gasteiger partial charge < -0.3 is 5.32 Å². The van der Waals surface area contributed by atoms with Crippen molar-refractivity contribution in [1.82, 2.24) is 9.62 Å². The highest BCUT2D eigenvalue weighted by atomic mass is 32.2. The van der Waals surface area contributed by atoms with Crippen LogP contribution in [0.25, 0.3) is 0 Å². The van der Waals surface area contributed by atoms with Gasteiger partial charge in [0, 0.05) is 12.0 Å². The molecule has 1 fully saturated rings. The molecule has 0 aromatic heterocycles. The summed E-state index contributed by atoms with van der Waals surface area (Å²) in [7, 11) is -3.68. The van der Waals surface area contributed by atoms with Gasteiger partial charge in [0.15, 0.2) is 0 Å². The van der Waals surface area contributed by atoms with E-state index in [2.05, 4.69) is 5.32 Å². The summed E-state index contributed by atoms with van der Waals surface area (Å²) in [6, 6.07) is -0.906. The van der Waals surface area contributed by atoms with E-state index >= 15 is 0 Å². The van der Waals surface area contributed by atoms with E-state index in [1.807, 2.05) is 0 Å². The standard InChI is InChI=1S/C10H18N2O4S/c1-10(2,3)11-9(14)7-5-6-8(13)12(7)17(4,15)16/h7H,5-6H2,1-4H3,(H,11,14). The Kier molecular flexibility index (Phi) is 3.52. The van der Waals surface area contributed by atoms with Crippen LogP contribution in [0.2, 0.25) is 0 Å². The molecular weight excluding hydrogens is 244 g/mol. The molecule has 1 aliphatic heterocycles. The van der Waals surface area contributed by atoms with Crippen LogP contribution in [0.4, 0.5) is 0 Å². The van der Waals surface area contributed by atoms with Crippen LogP contribution in [0.1, 0.15) is 33.6 Å². The SMILES string of the molecule is CC(C)(C)NC(=O)C1CCC(=O)N1S(C)(=O)=O. The zero-order valence-corrected chi connectivity index (χ0v) is 11.3. The summed E-state index contributed by atoms with van der Waals surface area (Å²) in [6.07, 6.45) is 1.27. The van der Waals surface area contributed by atoms with Crippen molar-refractivity contribution in [2.45, 2.75) is 45.2 Å². The molecule has 1 rings (SSSR count). The number of nitrogens with zero attached hydrogens (tertiary/aromatic N) is 1. The Morgan fingerprint density at radius 1 is 1.41 bits per heavy atom. The summed E-state index contributed by atoms with van der Waals surface area (Å²) < 4.78 is 23.6. The number of rotatable bonds is 2. The number of hydrogen-bond donors (Lipinski definition) is 1. The number of carbonyl (C=O) groups excluding carboxylic acids is 2. The third kappa shape index (κ3) is 3.42. The zero-order valence-electron chi connectivity index (χ0n) is 10.5. The molecule has 17 heavy (non-hydrogen) atoms. The van der Waals surface area contributed by atoms with Crippen molar-refractivity contribution in [3.05, 3.63) is 0 Å². The lowest BCUT2D eigenvalue weighted by atomic mass is 10.1. The van der Waals surface area contributed by atoms with E-state index in [9.17, 15) is 18.0 Å². The number of amides is 2. The minimum absolute atomic E-state index is 0.0926. The van der Waals surface area contributed by atoms with Crippen molar-refractivity contribution in [2.75, 3.05) is 6.26 Å². The molecule has 1 unspecified atom stereocenters. The van der Waals surface area contributed by atoms with Crippen molar-refractivity contribution in [2.24, 2.45) is 0 Å². The van der Waals surface area contributed by atoms with E-state index in [0.717, 1.165) is 6.26 Å². The Bertz CT molecular complexity index is 436. The lowest BCUT2D eigenvalue weighted by Gasteiger charge is -2.26. The summed E-state index contributed by atoms with van der Waals surface area (Å²) in [6.45, 7) is 5.39. The molecule has 0 aliphatic carbocycles. The van der Waals surface area contributed by atoms with E-state index in [-0.39, 0.29) is 12.8 Å². The van der Waals surface area contributed by atoms with Gasteiger partial charge in [-0.25, -0.2) is 12.7 Å². The van der Waals surface area contributed by atoms with Crippen LogP contribution in [-0.2, 0) is 19.6 Å². The molecule has 1 atom stereocenters. The quantitative estimate of drug-likeness (QED) is 0.750. The number of hydrogen-bond acceptors (Lipinski definition) is 4. The van der Waals surface area contributed by atoms with Gasteiger partial charge in [-0.3, -0.25) is 9.59 Å². The first-order chi connectivity index (χ1) is 7.52. The van der Waals surface area contributed by atoms with Crippen LogP contribution in [0, 0.1) is 0 Å². The molecule has 0 aromatic carbocycles. The minimum atomic E-state index is -3.68. The fourth-order valence-corrected chi connectivity index (χ4v) is 2.89. The van der Waals surface area contributed by atoms with Gasteiger partial charge in [-0.05, 0) is 27.2 Å². The third-order valence-electron chi connectivity index (χ3n) is 2.32. The molecule has 0 saturated carbocycles. The highest BCUT2D eigenvalue weighted by Crippen LogP contribution is 2.22. The van der Waals surface area contributed by atoms with Crippen LogP contribution >= 0.6 is 0 Å². The summed E-state index contributed by atoms with van der Waals surface area (Å²) in [5, 5.41) is 2.69. The van der Waals surface area contributed by atoms with Crippen molar-refractivity contribution >= 4 is 21.8 Å². The molecular formula is C10H18N2O4S. The largest absolute Gasteiger partial charge is 0.350 e. The molecule has 0 spiro atoms. The van der Waals surface area contributed by atoms with E-state index in [1.165, 1.54) is 0 Å². The molecule has 0 bridgehead atoms. The molecule has 2 amide bonds. The molecule has 6 nitrogen and oxygen atoms in total. The van der Waals surface area contributed by atoms with Gasteiger partial charge in [0.05, 0.1) is 6.26 Å². The van der Waals surface area contributed by atoms with Gasteiger partial charge in [0.2, 0.25) is 21.8 Å². The van der Waals surface area contributed by atoms with Crippen molar-refractivity contribution in [3.8, 4) is 0 Å². The number of sulfonamides is 1. The minimum Gasteiger partial charge on any atom is -0.350 e. The van der Waals surface area contributed by atoms with Crippen LogP contribution < -0.4 is 5.32 Å². The van der Waals surface area contributed by atoms with E-state index in [0.29, 0.717) is 4.31 Å². The van der Waals surface area contributed by atoms with Crippen LogP contribution in [0.15, 0.2) is 0 Å². The fraction of sp³-hybridized carbons (Fsp3) is 0.800. The molecule has 98 valence electrons. The van der Waals surface area contributed by atoms with E-state index in [4.69, 9.17) is 0 Å². The molecule has 0 radical (unpaired) electrons. The topological polar surface area (TPSA) is 83.6 Å². The smallest absolute Gasteiger partial charge is 0.244 e. The maximum absolute atomic E-state index is 11.9. The first-order valence-electron chi connectivity index (χ1n) is 5.36. The number of carbonyl (C=O) groups is 2. The molecule has 0 aromatic rings. The Morgan fingerprint density at radius 3 is 2.35 bits per heavy atom. The second-order valence-corrected chi connectivity index (χ2v) is 7.11. The lowest BCUT2D eigenvalue weighted by molar-refractivity contribution is -0.131. The molecule has 1 N–H and O–H groups in total. The first kappa shape index (κ1) is 14.0.